The highest BCUT2D eigenvalue weighted by Gasteiger charge is 2.39. The van der Waals surface area contributed by atoms with Crippen LogP contribution in [0.3, 0.4) is 0 Å². The number of pyridine rings is 1. The Labute approximate surface area is 135 Å². The van der Waals surface area contributed by atoms with E-state index in [-0.39, 0.29) is 5.04 Å². The molecule has 0 N–H and O–H groups in total. The number of aromatic nitrogens is 1. The molecule has 0 radical (unpaired) electrons. The first-order valence-electron chi connectivity index (χ1n) is 7.74. The van der Waals surface area contributed by atoms with Gasteiger partial charge < -0.3 is 4.43 Å². The van der Waals surface area contributed by atoms with Crippen LogP contribution in [0.2, 0.25) is 18.1 Å². The van der Waals surface area contributed by atoms with Gasteiger partial charge in [-0.3, -0.25) is 0 Å². The van der Waals surface area contributed by atoms with Crippen LogP contribution >= 0.6 is 11.8 Å². The number of hydrogen-bond donors (Lipinski definition) is 0. The van der Waals surface area contributed by atoms with Crippen LogP contribution in [-0.4, -0.2) is 13.3 Å². The highest BCUT2D eigenvalue weighted by Crippen LogP contribution is 2.40. The molecule has 4 heteroatoms. The molecule has 0 aromatic carbocycles. The van der Waals surface area contributed by atoms with Crippen molar-refractivity contribution in [2.45, 2.75) is 70.1 Å². The Morgan fingerprint density at radius 3 is 2.57 bits per heavy atom. The third kappa shape index (κ3) is 6.26. The molecular formula is C17H29NOSSi. The molecule has 0 amide bonds. The Morgan fingerprint density at radius 2 is 2.05 bits per heavy atom. The van der Waals surface area contributed by atoms with Crippen molar-refractivity contribution in [3.63, 3.8) is 0 Å². The molecule has 1 heterocycles. The number of rotatable bonds is 7. The van der Waals surface area contributed by atoms with Crippen LogP contribution in [0.4, 0.5) is 0 Å². The summed E-state index contributed by atoms with van der Waals surface area (Å²) in [6, 6.07) is 6.00. The number of allylic oxidation sites excluding steroid dienone is 1. The van der Waals surface area contributed by atoms with Gasteiger partial charge in [0.1, 0.15) is 10.1 Å². The van der Waals surface area contributed by atoms with E-state index >= 15 is 0 Å². The molecule has 1 aromatic heterocycles. The first-order chi connectivity index (χ1) is 9.76. The third-order valence-electron chi connectivity index (χ3n) is 3.87. The monoisotopic (exact) mass is 323 g/mol. The van der Waals surface area contributed by atoms with Crippen LogP contribution in [0.5, 0.6) is 0 Å². The fourth-order valence-electron chi connectivity index (χ4n) is 1.44. The molecule has 0 spiro atoms. The van der Waals surface area contributed by atoms with Gasteiger partial charge in [0.15, 0.2) is 0 Å². The lowest BCUT2D eigenvalue weighted by atomic mass is 10.2. The Morgan fingerprint density at radius 1 is 1.33 bits per heavy atom. The average Bonchev–Trinajstić information content (AvgIpc) is 2.38. The maximum atomic E-state index is 6.48. The average molecular weight is 324 g/mol. The van der Waals surface area contributed by atoms with E-state index in [0.29, 0.717) is 0 Å². The zero-order chi connectivity index (χ0) is 15.9. The lowest BCUT2D eigenvalue weighted by molar-refractivity contribution is 0.415. The lowest BCUT2D eigenvalue weighted by Gasteiger charge is -2.37. The molecule has 0 saturated carbocycles. The first kappa shape index (κ1) is 18.3. The van der Waals surface area contributed by atoms with Crippen molar-refractivity contribution in [1.82, 2.24) is 4.98 Å². The van der Waals surface area contributed by atoms with Crippen molar-refractivity contribution < 1.29 is 4.43 Å². The molecule has 1 aromatic rings. The summed E-state index contributed by atoms with van der Waals surface area (Å²) in [7, 11) is -1.80. The molecule has 0 aliphatic rings. The van der Waals surface area contributed by atoms with E-state index < -0.39 is 8.32 Å². The van der Waals surface area contributed by atoms with Gasteiger partial charge in [-0.1, -0.05) is 40.2 Å². The minimum atomic E-state index is -1.80. The lowest BCUT2D eigenvalue weighted by Crippen LogP contribution is -2.40. The predicted octanol–water partition coefficient (Wildman–Crippen LogP) is 6.23. The molecule has 21 heavy (non-hydrogen) atoms. The molecule has 0 aliphatic heterocycles. The summed E-state index contributed by atoms with van der Waals surface area (Å²) in [6.45, 7) is 13.6. The molecule has 2 nitrogen and oxygen atoms in total. The Bertz CT molecular complexity index is 452. The molecule has 0 atom stereocenters. The summed E-state index contributed by atoms with van der Waals surface area (Å²) in [5.74, 6) is 0. The quantitative estimate of drug-likeness (QED) is 0.257. The number of hydrogen-bond acceptors (Lipinski definition) is 3. The van der Waals surface area contributed by atoms with Gasteiger partial charge in [0.2, 0.25) is 0 Å². The van der Waals surface area contributed by atoms with Gasteiger partial charge in [0, 0.05) is 6.20 Å². The van der Waals surface area contributed by atoms with Gasteiger partial charge in [-0.2, -0.15) is 0 Å². The van der Waals surface area contributed by atoms with E-state index in [1.807, 2.05) is 24.4 Å². The summed E-state index contributed by atoms with van der Waals surface area (Å²) in [5.41, 5.74) is 0. The highest BCUT2D eigenvalue weighted by atomic mass is 32.2. The fraction of sp³-hybridized carbons (Fsp3) is 0.588. The Kier molecular flexibility index (Phi) is 7.01. The van der Waals surface area contributed by atoms with E-state index in [4.69, 9.17) is 4.43 Å². The van der Waals surface area contributed by atoms with Crippen molar-refractivity contribution in [2.75, 3.05) is 0 Å². The van der Waals surface area contributed by atoms with Crippen molar-refractivity contribution in [3.8, 4) is 0 Å². The molecule has 0 aliphatic carbocycles. The molecule has 0 unspecified atom stereocenters. The third-order valence-corrected chi connectivity index (χ3v) is 9.27. The highest BCUT2D eigenvalue weighted by molar-refractivity contribution is 8.02. The van der Waals surface area contributed by atoms with Gasteiger partial charge in [0.05, 0.1) is 0 Å². The first-order valence-corrected chi connectivity index (χ1v) is 11.5. The minimum Gasteiger partial charge on any atom is -0.539 e. The normalized spacial score (nSPS) is 13.3. The summed E-state index contributed by atoms with van der Waals surface area (Å²) < 4.78 is 6.48. The molecule has 0 bridgehead atoms. The maximum absolute atomic E-state index is 6.48. The molecule has 0 saturated heterocycles. The van der Waals surface area contributed by atoms with Crippen molar-refractivity contribution >= 4 is 20.1 Å². The van der Waals surface area contributed by atoms with Crippen molar-refractivity contribution in [2.24, 2.45) is 0 Å². The number of unbranched alkanes of at least 4 members (excludes halogenated alkanes) is 2. The predicted molar refractivity (Wildman–Crippen MR) is 96.0 cm³/mol. The van der Waals surface area contributed by atoms with Crippen LogP contribution in [0, 0.1) is 0 Å². The standard InChI is InChI=1S/C17H29NOSSi/c1-7-8-9-13-16(19-21(5,6)17(2,3)4)20-15-12-10-11-14-18-15/h10-14H,7-9H2,1-6H3/b16-13-. The summed E-state index contributed by atoms with van der Waals surface area (Å²) >= 11 is 1.64. The van der Waals surface area contributed by atoms with E-state index in [9.17, 15) is 0 Å². The maximum Gasteiger partial charge on any atom is 0.251 e. The van der Waals surface area contributed by atoms with E-state index in [1.165, 1.54) is 12.8 Å². The van der Waals surface area contributed by atoms with Gasteiger partial charge in [0.25, 0.3) is 8.32 Å². The summed E-state index contributed by atoms with van der Waals surface area (Å²) in [5, 5.41) is 2.23. The fourth-order valence-corrected chi connectivity index (χ4v) is 3.79. The minimum absolute atomic E-state index is 0.210. The van der Waals surface area contributed by atoms with Gasteiger partial charge in [-0.15, -0.1) is 0 Å². The Hall–Kier alpha value is -0.743. The van der Waals surface area contributed by atoms with Gasteiger partial charge in [-0.25, -0.2) is 4.98 Å². The summed E-state index contributed by atoms with van der Waals surface area (Å²) in [4.78, 5) is 4.40. The summed E-state index contributed by atoms with van der Waals surface area (Å²) in [6.07, 6.45) is 7.55. The molecule has 118 valence electrons. The van der Waals surface area contributed by atoms with Gasteiger partial charge in [-0.05, 0) is 60.9 Å². The van der Waals surface area contributed by atoms with E-state index in [1.54, 1.807) is 11.8 Å². The van der Waals surface area contributed by atoms with Gasteiger partial charge >= 0.3 is 0 Å². The van der Waals surface area contributed by atoms with Crippen LogP contribution in [0.15, 0.2) is 40.6 Å². The van der Waals surface area contributed by atoms with Crippen molar-refractivity contribution in [3.05, 3.63) is 35.6 Å². The second-order valence-corrected chi connectivity index (χ2v) is 12.5. The molecule has 1 rings (SSSR count). The smallest absolute Gasteiger partial charge is 0.251 e. The SMILES string of the molecule is CCCC/C=C(/O[Si](C)(C)C(C)(C)C)Sc1ccccn1. The van der Waals surface area contributed by atoms with E-state index in [2.05, 4.69) is 51.8 Å². The van der Waals surface area contributed by atoms with Crippen molar-refractivity contribution in [1.29, 1.82) is 0 Å². The zero-order valence-electron chi connectivity index (χ0n) is 14.3. The second kappa shape index (κ2) is 8.04. The van der Waals surface area contributed by atoms with Crippen LogP contribution in [0.25, 0.3) is 0 Å². The second-order valence-electron chi connectivity index (χ2n) is 6.80. The Balaban J connectivity index is 2.85. The number of nitrogens with zero attached hydrogens (tertiary/aromatic N) is 1. The van der Waals surface area contributed by atoms with E-state index in [0.717, 1.165) is 16.5 Å². The van der Waals surface area contributed by atoms with Crippen LogP contribution in [0.1, 0.15) is 47.0 Å². The largest absolute Gasteiger partial charge is 0.539 e. The molecular weight excluding hydrogens is 294 g/mol. The topological polar surface area (TPSA) is 22.1 Å². The number of thioether (sulfide) groups is 1. The van der Waals surface area contributed by atoms with Crippen LogP contribution in [-0.2, 0) is 4.43 Å². The molecule has 0 fully saturated rings. The zero-order valence-corrected chi connectivity index (χ0v) is 16.1. The van der Waals surface area contributed by atoms with Crippen LogP contribution < -0.4 is 0 Å².